The molecule has 0 amide bonds. The van der Waals surface area contributed by atoms with Crippen LogP contribution in [0.4, 0.5) is 10.1 Å². The number of anilines is 1. The van der Waals surface area contributed by atoms with Crippen molar-refractivity contribution in [3.63, 3.8) is 0 Å². The number of hydrogen-bond acceptors (Lipinski definition) is 2. The molecular weight excluding hydrogens is 288 g/mol. The SMILES string of the molecule is Cc1cc(C(=O)c2cccc(N)c2Cl)c(Cl)cc1F. The Morgan fingerprint density at radius 2 is 1.89 bits per heavy atom. The molecule has 98 valence electrons. The number of aryl methyl sites for hydroxylation is 1. The Morgan fingerprint density at radius 3 is 2.58 bits per heavy atom. The minimum absolute atomic E-state index is 0.0478. The van der Waals surface area contributed by atoms with Gasteiger partial charge < -0.3 is 5.73 Å². The predicted octanol–water partition coefficient (Wildman–Crippen LogP) is 4.25. The highest BCUT2D eigenvalue weighted by molar-refractivity contribution is 6.39. The molecule has 0 saturated heterocycles. The first-order chi connectivity index (χ1) is 8.91. The number of carbonyl (C=O) groups excluding carboxylic acids is 1. The van der Waals surface area contributed by atoms with Gasteiger partial charge in [0.1, 0.15) is 5.82 Å². The standard InChI is InChI=1S/C14H10Cl2FNO/c1-7-5-9(10(15)6-11(7)17)14(19)8-3-2-4-12(18)13(8)16/h2-6H,18H2,1H3. The van der Waals surface area contributed by atoms with Crippen molar-refractivity contribution < 1.29 is 9.18 Å². The molecule has 0 unspecified atom stereocenters. The van der Waals surface area contributed by atoms with Gasteiger partial charge in [-0.1, -0.05) is 29.3 Å². The van der Waals surface area contributed by atoms with Crippen LogP contribution in [0.5, 0.6) is 0 Å². The van der Waals surface area contributed by atoms with Gasteiger partial charge in [-0.2, -0.15) is 0 Å². The van der Waals surface area contributed by atoms with E-state index in [4.69, 9.17) is 28.9 Å². The molecule has 2 N–H and O–H groups in total. The molecule has 19 heavy (non-hydrogen) atoms. The average molecular weight is 298 g/mol. The quantitative estimate of drug-likeness (QED) is 0.665. The summed E-state index contributed by atoms with van der Waals surface area (Å²) in [5, 5.41) is 0.220. The Morgan fingerprint density at radius 1 is 1.21 bits per heavy atom. The fraction of sp³-hybridized carbons (Fsp3) is 0.0714. The van der Waals surface area contributed by atoms with E-state index in [-0.39, 0.29) is 27.0 Å². The lowest BCUT2D eigenvalue weighted by Crippen LogP contribution is -2.05. The van der Waals surface area contributed by atoms with E-state index in [1.807, 2.05) is 0 Å². The molecule has 2 nitrogen and oxygen atoms in total. The second kappa shape index (κ2) is 5.19. The molecule has 0 saturated carbocycles. The fourth-order valence-corrected chi connectivity index (χ4v) is 2.15. The molecule has 2 rings (SSSR count). The molecule has 0 radical (unpaired) electrons. The lowest BCUT2D eigenvalue weighted by molar-refractivity contribution is 0.103. The van der Waals surface area contributed by atoms with E-state index >= 15 is 0 Å². The van der Waals surface area contributed by atoms with E-state index in [1.54, 1.807) is 25.1 Å². The summed E-state index contributed by atoms with van der Waals surface area (Å²) in [6.07, 6.45) is 0. The van der Waals surface area contributed by atoms with Gasteiger partial charge in [-0.3, -0.25) is 4.79 Å². The third-order valence-electron chi connectivity index (χ3n) is 2.77. The molecule has 0 aliphatic heterocycles. The molecule has 2 aromatic carbocycles. The summed E-state index contributed by atoms with van der Waals surface area (Å²) in [6, 6.07) is 7.29. The van der Waals surface area contributed by atoms with Crippen LogP contribution in [-0.2, 0) is 0 Å². The molecule has 0 aliphatic rings. The largest absolute Gasteiger partial charge is 0.398 e. The zero-order valence-corrected chi connectivity index (χ0v) is 11.5. The number of halogens is 3. The van der Waals surface area contributed by atoms with Gasteiger partial charge in [0, 0.05) is 11.1 Å². The van der Waals surface area contributed by atoms with Gasteiger partial charge in [-0.25, -0.2) is 4.39 Å². The Kier molecular flexibility index (Phi) is 3.78. The average Bonchev–Trinajstić information content (AvgIpc) is 2.36. The van der Waals surface area contributed by atoms with E-state index in [0.29, 0.717) is 11.3 Å². The Hall–Kier alpha value is -1.58. The third kappa shape index (κ3) is 2.57. The van der Waals surface area contributed by atoms with Gasteiger partial charge in [-0.05, 0) is 36.8 Å². The zero-order chi connectivity index (χ0) is 14.2. The van der Waals surface area contributed by atoms with Crippen LogP contribution in [0, 0.1) is 12.7 Å². The maximum atomic E-state index is 13.3. The van der Waals surface area contributed by atoms with Crippen LogP contribution in [0.2, 0.25) is 10.0 Å². The van der Waals surface area contributed by atoms with E-state index in [2.05, 4.69) is 0 Å². The van der Waals surface area contributed by atoms with Gasteiger partial charge in [0.05, 0.1) is 15.7 Å². The smallest absolute Gasteiger partial charge is 0.196 e. The fourth-order valence-electron chi connectivity index (χ4n) is 1.70. The van der Waals surface area contributed by atoms with Crippen LogP contribution in [-0.4, -0.2) is 5.78 Å². The van der Waals surface area contributed by atoms with Crippen molar-refractivity contribution in [3.05, 3.63) is 62.9 Å². The normalized spacial score (nSPS) is 10.5. The van der Waals surface area contributed by atoms with Crippen LogP contribution < -0.4 is 5.73 Å². The number of nitrogen functional groups attached to an aromatic ring is 1. The maximum absolute atomic E-state index is 13.3. The van der Waals surface area contributed by atoms with Crippen molar-refractivity contribution in [3.8, 4) is 0 Å². The Labute approximate surface area is 119 Å². The highest BCUT2D eigenvalue weighted by Gasteiger charge is 2.18. The molecule has 0 aromatic heterocycles. The third-order valence-corrected chi connectivity index (χ3v) is 3.50. The predicted molar refractivity (Wildman–Crippen MR) is 75.4 cm³/mol. The lowest BCUT2D eigenvalue weighted by atomic mass is 10.0. The van der Waals surface area contributed by atoms with E-state index in [9.17, 15) is 9.18 Å². The molecule has 0 aliphatic carbocycles. The Bertz CT molecular complexity index is 671. The van der Waals surface area contributed by atoms with Crippen LogP contribution in [0.3, 0.4) is 0 Å². The number of rotatable bonds is 2. The topological polar surface area (TPSA) is 43.1 Å². The van der Waals surface area contributed by atoms with Crippen molar-refractivity contribution in [1.29, 1.82) is 0 Å². The zero-order valence-electron chi connectivity index (χ0n) is 10.0. The number of carbonyl (C=O) groups is 1. The van der Waals surface area contributed by atoms with Gasteiger partial charge in [0.25, 0.3) is 0 Å². The van der Waals surface area contributed by atoms with Crippen LogP contribution in [0.1, 0.15) is 21.5 Å². The second-order valence-corrected chi connectivity index (χ2v) is 4.90. The molecule has 0 bridgehead atoms. The minimum atomic E-state index is -0.458. The molecule has 0 heterocycles. The van der Waals surface area contributed by atoms with Crippen LogP contribution in [0.25, 0.3) is 0 Å². The molecule has 2 aromatic rings. The van der Waals surface area contributed by atoms with E-state index in [1.165, 1.54) is 6.07 Å². The second-order valence-electron chi connectivity index (χ2n) is 4.12. The van der Waals surface area contributed by atoms with Crippen LogP contribution in [0.15, 0.2) is 30.3 Å². The van der Waals surface area contributed by atoms with Crippen molar-refractivity contribution in [1.82, 2.24) is 0 Å². The number of benzene rings is 2. The van der Waals surface area contributed by atoms with Crippen molar-refractivity contribution in [2.75, 3.05) is 5.73 Å². The van der Waals surface area contributed by atoms with E-state index in [0.717, 1.165) is 6.07 Å². The summed E-state index contributed by atoms with van der Waals surface area (Å²) in [4.78, 5) is 12.4. The van der Waals surface area contributed by atoms with Crippen molar-refractivity contribution in [2.45, 2.75) is 6.92 Å². The molecule has 5 heteroatoms. The summed E-state index contributed by atoms with van der Waals surface area (Å²) >= 11 is 11.9. The first kappa shape index (κ1) is 13.8. The summed E-state index contributed by atoms with van der Waals surface area (Å²) in [5.74, 6) is -0.842. The van der Waals surface area contributed by atoms with Gasteiger partial charge in [0.15, 0.2) is 5.78 Å². The monoisotopic (exact) mass is 297 g/mol. The first-order valence-corrected chi connectivity index (χ1v) is 6.21. The highest BCUT2D eigenvalue weighted by Crippen LogP contribution is 2.28. The van der Waals surface area contributed by atoms with Crippen LogP contribution >= 0.6 is 23.2 Å². The molecule has 0 atom stereocenters. The first-order valence-electron chi connectivity index (χ1n) is 5.46. The highest BCUT2D eigenvalue weighted by atomic mass is 35.5. The van der Waals surface area contributed by atoms with E-state index < -0.39 is 5.82 Å². The maximum Gasteiger partial charge on any atom is 0.196 e. The number of hydrogen-bond donors (Lipinski definition) is 1. The molecular formula is C14H10Cl2FNO. The number of ketones is 1. The molecule has 0 spiro atoms. The number of nitrogens with two attached hydrogens (primary N) is 1. The van der Waals surface area contributed by atoms with Crippen molar-refractivity contribution in [2.24, 2.45) is 0 Å². The Balaban J connectivity index is 2.56. The summed E-state index contributed by atoms with van der Waals surface area (Å²) in [7, 11) is 0. The minimum Gasteiger partial charge on any atom is -0.398 e. The molecule has 0 fully saturated rings. The summed E-state index contributed by atoms with van der Waals surface area (Å²) in [6.45, 7) is 1.56. The summed E-state index contributed by atoms with van der Waals surface area (Å²) in [5.41, 5.74) is 6.75. The van der Waals surface area contributed by atoms with Gasteiger partial charge in [-0.15, -0.1) is 0 Å². The van der Waals surface area contributed by atoms with Crippen molar-refractivity contribution >= 4 is 34.7 Å². The van der Waals surface area contributed by atoms with Gasteiger partial charge in [0.2, 0.25) is 0 Å². The van der Waals surface area contributed by atoms with Gasteiger partial charge >= 0.3 is 0 Å². The lowest BCUT2D eigenvalue weighted by Gasteiger charge is -2.08. The summed E-state index contributed by atoms with van der Waals surface area (Å²) < 4.78 is 13.3.